The Bertz CT molecular complexity index is 1420. The number of carbonyl (C=O) groups is 1. The second-order valence-electron chi connectivity index (χ2n) is 12.6. The van der Waals surface area contributed by atoms with Gasteiger partial charge in [-0.2, -0.15) is 5.10 Å². The normalized spacial score (nSPS) is 31.9. The quantitative estimate of drug-likeness (QED) is 0.382. The molecular weight excluding hydrogens is 533 g/mol. The van der Waals surface area contributed by atoms with Crippen molar-refractivity contribution in [1.82, 2.24) is 19.3 Å². The number of hydrogen-bond donors (Lipinski definition) is 3. The van der Waals surface area contributed by atoms with E-state index in [9.17, 15) is 19.4 Å². The molecule has 1 amide bonds. The van der Waals surface area contributed by atoms with Crippen LogP contribution in [-0.4, -0.2) is 41.1 Å². The number of aliphatic hydroxyl groups is 2. The number of nitrogens with zero attached hydrogens (tertiary/aromatic N) is 4. The summed E-state index contributed by atoms with van der Waals surface area (Å²) < 4.78 is 17.1. The number of anilines is 1. The number of carbonyl (C=O) groups excluding carboxylic acids is 1. The summed E-state index contributed by atoms with van der Waals surface area (Å²) in [6.45, 7) is 1.91. The third-order valence-corrected chi connectivity index (χ3v) is 9.93. The fourth-order valence-corrected chi connectivity index (χ4v) is 7.72. The zero-order valence-corrected chi connectivity index (χ0v) is 24.0. The van der Waals surface area contributed by atoms with Gasteiger partial charge in [0.2, 0.25) is 0 Å². The molecule has 10 heteroatoms. The second kappa shape index (κ2) is 9.96. The number of rotatable bonds is 5. The van der Waals surface area contributed by atoms with Crippen LogP contribution < -0.4 is 5.32 Å². The third-order valence-electron chi connectivity index (χ3n) is 9.64. The first-order valence-corrected chi connectivity index (χ1v) is 14.6. The van der Waals surface area contributed by atoms with E-state index in [0.29, 0.717) is 42.0 Å². The highest BCUT2D eigenvalue weighted by Gasteiger charge is 2.52. The molecule has 3 N–H and O–H groups in total. The number of nitrogens with one attached hydrogen (secondary N) is 1. The van der Waals surface area contributed by atoms with Crippen molar-refractivity contribution in [2.45, 2.75) is 81.3 Å². The molecule has 3 fully saturated rings. The van der Waals surface area contributed by atoms with E-state index in [1.54, 1.807) is 17.9 Å². The smallest absolute Gasteiger partial charge is 0.274 e. The molecule has 3 aromatic rings. The van der Waals surface area contributed by atoms with E-state index in [4.69, 9.17) is 16.7 Å². The van der Waals surface area contributed by atoms with E-state index in [1.165, 1.54) is 18.2 Å². The summed E-state index contributed by atoms with van der Waals surface area (Å²) in [7, 11) is 3.71. The van der Waals surface area contributed by atoms with Crippen molar-refractivity contribution in [1.29, 1.82) is 0 Å². The first-order valence-electron chi connectivity index (χ1n) is 14.2. The molecule has 214 valence electrons. The molecule has 2 unspecified atom stereocenters. The first kappa shape index (κ1) is 27.4. The summed E-state index contributed by atoms with van der Waals surface area (Å²) in [6.07, 6.45) is 8.04. The summed E-state index contributed by atoms with van der Waals surface area (Å²) in [5.41, 5.74) is 2.06. The number of fused-ring (bicyclic) bond motifs is 1. The molecule has 0 aliphatic heterocycles. The molecule has 3 aliphatic rings. The van der Waals surface area contributed by atoms with Crippen LogP contribution in [0.15, 0.2) is 30.6 Å². The Morgan fingerprint density at radius 1 is 1.10 bits per heavy atom. The van der Waals surface area contributed by atoms with Gasteiger partial charge in [0.25, 0.3) is 5.91 Å². The minimum absolute atomic E-state index is 0.0495. The summed E-state index contributed by atoms with van der Waals surface area (Å²) in [5, 5.41) is 29.7. The topological polar surface area (TPSA) is 105 Å². The molecule has 3 saturated carbocycles. The minimum Gasteiger partial charge on any atom is -0.390 e. The van der Waals surface area contributed by atoms with Gasteiger partial charge >= 0.3 is 0 Å². The largest absolute Gasteiger partial charge is 0.390 e. The van der Waals surface area contributed by atoms with Crippen molar-refractivity contribution in [3.8, 4) is 0 Å². The van der Waals surface area contributed by atoms with E-state index in [0.717, 1.165) is 55.6 Å². The second-order valence-corrected chi connectivity index (χ2v) is 13.1. The van der Waals surface area contributed by atoms with Gasteiger partial charge in [0.05, 0.1) is 34.0 Å². The zero-order valence-electron chi connectivity index (χ0n) is 23.2. The lowest BCUT2D eigenvalue weighted by atomic mass is 9.78. The lowest BCUT2D eigenvalue weighted by Gasteiger charge is -2.32. The fourth-order valence-electron chi connectivity index (χ4n) is 7.54. The Kier molecular flexibility index (Phi) is 6.83. The minimum atomic E-state index is -0.924. The molecule has 2 atom stereocenters. The molecule has 0 saturated heterocycles. The van der Waals surface area contributed by atoms with Crippen LogP contribution in [0.1, 0.15) is 97.7 Å². The van der Waals surface area contributed by atoms with E-state index >= 15 is 0 Å². The van der Waals surface area contributed by atoms with Crippen LogP contribution in [0.25, 0.3) is 0 Å². The number of aryl methyl sites for hydroxylation is 2. The Morgan fingerprint density at radius 3 is 2.42 bits per heavy atom. The number of amides is 1. The molecule has 40 heavy (non-hydrogen) atoms. The monoisotopic (exact) mass is 569 g/mol. The molecule has 2 aromatic heterocycles. The standard InChI is InChI=1S/C30H37ClFN5O3/c1-29(39)8-6-17(7-9-29)24-13-25(37(3)35-24)30(40)14-19-10-18(11-20(19)15-30)26-27(36(2)16-33-26)28(38)34-21-4-5-23(32)22(31)12-21/h4-5,12-13,16-20,39-40H,6-11,14-15H2,1-3H3,(H,34,38). The van der Waals surface area contributed by atoms with Gasteiger partial charge in [-0.3, -0.25) is 9.48 Å². The maximum absolute atomic E-state index is 13.6. The van der Waals surface area contributed by atoms with Crippen LogP contribution in [0.4, 0.5) is 10.1 Å². The van der Waals surface area contributed by atoms with Crippen LogP contribution in [0, 0.1) is 17.7 Å². The van der Waals surface area contributed by atoms with Gasteiger partial charge in [0.1, 0.15) is 17.1 Å². The molecule has 1 aromatic carbocycles. The number of benzene rings is 1. The van der Waals surface area contributed by atoms with Crippen molar-refractivity contribution >= 4 is 23.2 Å². The van der Waals surface area contributed by atoms with E-state index in [1.807, 2.05) is 18.7 Å². The maximum Gasteiger partial charge on any atom is 0.274 e. The number of hydrogen-bond acceptors (Lipinski definition) is 5. The van der Waals surface area contributed by atoms with E-state index in [-0.39, 0.29) is 16.8 Å². The summed E-state index contributed by atoms with van der Waals surface area (Å²) in [6, 6.07) is 6.20. The lowest BCUT2D eigenvalue weighted by Crippen LogP contribution is -2.29. The molecule has 8 nitrogen and oxygen atoms in total. The van der Waals surface area contributed by atoms with Gasteiger partial charge in [-0.25, -0.2) is 9.37 Å². The first-order chi connectivity index (χ1) is 18.9. The van der Waals surface area contributed by atoms with Gasteiger partial charge in [0, 0.05) is 31.6 Å². The SMILES string of the molecule is Cn1cnc(C2CC3CC(O)(c4cc(C5CCC(C)(O)CC5)nn4C)CC3C2)c1C(=O)Nc1ccc(F)c(Cl)c1. The van der Waals surface area contributed by atoms with Crippen molar-refractivity contribution in [3.63, 3.8) is 0 Å². The average molecular weight is 570 g/mol. The highest BCUT2D eigenvalue weighted by molar-refractivity contribution is 6.31. The summed E-state index contributed by atoms with van der Waals surface area (Å²) in [4.78, 5) is 17.9. The summed E-state index contributed by atoms with van der Waals surface area (Å²) in [5.74, 6) is 0.241. The van der Waals surface area contributed by atoms with Gasteiger partial charge in [0.15, 0.2) is 0 Å². The zero-order chi connectivity index (χ0) is 28.4. The highest BCUT2D eigenvalue weighted by atomic mass is 35.5. The van der Waals surface area contributed by atoms with Gasteiger partial charge in [-0.1, -0.05) is 11.6 Å². The molecule has 2 heterocycles. The highest BCUT2D eigenvalue weighted by Crippen LogP contribution is 2.57. The third kappa shape index (κ3) is 4.97. The van der Waals surface area contributed by atoms with Crippen LogP contribution in [0.2, 0.25) is 5.02 Å². The van der Waals surface area contributed by atoms with Crippen LogP contribution in [0.3, 0.4) is 0 Å². The molecule has 6 rings (SSSR count). The van der Waals surface area contributed by atoms with Crippen LogP contribution >= 0.6 is 11.6 Å². The molecule has 0 spiro atoms. The molecule has 0 bridgehead atoms. The Hall–Kier alpha value is -2.75. The Morgan fingerprint density at radius 2 is 1.77 bits per heavy atom. The number of halogens is 2. The van der Waals surface area contributed by atoms with Gasteiger partial charge < -0.3 is 20.1 Å². The van der Waals surface area contributed by atoms with Gasteiger partial charge in [-0.05, 0) is 94.4 Å². The summed E-state index contributed by atoms with van der Waals surface area (Å²) >= 11 is 5.89. The Balaban J connectivity index is 1.15. The molecular formula is C30H37ClFN5O3. The van der Waals surface area contributed by atoms with Crippen molar-refractivity contribution in [2.24, 2.45) is 25.9 Å². The van der Waals surface area contributed by atoms with Crippen LogP contribution in [-0.2, 0) is 19.7 Å². The van der Waals surface area contributed by atoms with Crippen LogP contribution in [0.5, 0.6) is 0 Å². The molecule has 0 radical (unpaired) electrons. The number of imidazole rings is 1. The van der Waals surface area contributed by atoms with Gasteiger partial charge in [-0.15, -0.1) is 0 Å². The lowest BCUT2D eigenvalue weighted by molar-refractivity contribution is 0.0167. The maximum atomic E-state index is 13.6. The predicted molar refractivity (Wildman–Crippen MR) is 150 cm³/mol. The average Bonchev–Trinajstić information content (AvgIpc) is 3.63. The van der Waals surface area contributed by atoms with E-state index < -0.39 is 17.0 Å². The van der Waals surface area contributed by atoms with Crippen molar-refractivity contribution in [2.75, 3.05) is 5.32 Å². The number of aromatic nitrogens is 4. The Labute approximate surface area is 238 Å². The molecule has 3 aliphatic carbocycles. The van der Waals surface area contributed by atoms with E-state index in [2.05, 4.69) is 16.4 Å². The van der Waals surface area contributed by atoms with Crippen molar-refractivity contribution in [3.05, 3.63) is 64.2 Å². The van der Waals surface area contributed by atoms with Crippen molar-refractivity contribution < 1.29 is 19.4 Å². The predicted octanol–water partition coefficient (Wildman–Crippen LogP) is 5.40. The fraction of sp³-hybridized carbons (Fsp3) is 0.567.